The maximum atomic E-state index is 13.4. The lowest BCUT2D eigenvalue weighted by atomic mass is 10.00. The fourth-order valence-corrected chi connectivity index (χ4v) is 4.97. The second-order valence-corrected chi connectivity index (χ2v) is 9.52. The van der Waals surface area contributed by atoms with Crippen LogP contribution in [0.3, 0.4) is 0 Å². The van der Waals surface area contributed by atoms with Crippen LogP contribution in [0.15, 0.2) is 72.8 Å². The number of amides is 1. The van der Waals surface area contributed by atoms with Crippen molar-refractivity contribution in [2.45, 2.75) is 6.92 Å². The molecular weight excluding hydrogens is 492 g/mol. The van der Waals surface area contributed by atoms with Gasteiger partial charge in [-0.25, -0.2) is 0 Å². The standard InChI is InChI=1S/C32H34N2O5/c1-22-19-25(21-30(36-2)31(22)37-3)23-7-6-8-24(20-23)32(35)33-28-11-12-29(27-10-5-4-9-26(27)28)39-18-15-34-13-16-38-17-14-34/h4-12,19-21H,13-18H2,1-3H3,(H,33,35). The summed E-state index contributed by atoms with van der Waals surface area (Å²) in [7, 11) is 3.25. The summed E-state index contributed by atoms with van der Waals surface area (Å²) in [6.45, 7) is 6.83. The van der Waals surface area contributed by atoms with Crippen molar-refractivity contribution in [1.82, 2.24) is 4.90 Å². The number of fused-ring (bicyclic) bond motifs is 1. The molecule has 1 N–H and O–H groups in total. The van der Waals surface area contributed by atoms with E-state index in [1.54, 1.807) is 14.2 Å². The molecule has 1 fully saturated rings. The molecule has 7 heteroatoms. The number of morpholine rings is 1. The molecule has 0 radical (unpaired) electrons. The Kier molecular flexibility index (Phi) is 8.30. The summed E-state index contributed by atoms with van der Waals surface area (Å²) < 4.78 is 22.6. The van der Waals surface area contributed by atoms with E-state index in [0.29, 0.717) is 23.7 Å². The molecular formula is C32H34N2O5. The van der Waals surface area contributed by atoms with E-state index in [1.807, 2.05) is 79.7 Å². The summed E-state index contributed by atoms with van der Waals surface area (Å²) in [5.41, 5.74) is 4.13. The highest BCUT2D eigenvalue weighted by molar-refractivity contribution is 6.10. The van der Waals surface area contributed by atoms with Gasteiger partial charge in [-0.3, -0.25) is 9.69 Å². The van der Waals surface area contributed by atoms with E-state index >= 15 is 0 Å². The average Bonchev–Trinajstić information content (AvgIpc) is 2.98. The molecule has 0 unspecified atom stereocenters. The number of ether oxygens (including phenoxy) is 4. The van der Waals surface area contributed by atoms with Gasteiger partial charge in [0.05, 0.1) is 27.4 Å². The molecule has 0 bridgehead atoms. The molecule has 1 aliphatic rings. The van der Waals surface area contributed by atoms with Crippen molar-refractivity contribution in [3.63, 3.8) is 0 Å². The minimum absolute atomic E-state index is 0.180. The first kappa shape index (κ1) is 26.5. The zero-order valence-corrected chi connectivity index (χ0v) is 22.7. The first-order chi connectivity index (χ1) is 19.1. The van der Waals surface area contributed by atoms with Crippen molar-refractivity contribution >= 4 is 22.4 Å². The van der Waals surface area contributed by atoms with Crippen molar-refractivity contribution in [2.24, 2.45) is 0 Å². The van der Waals surface area contributed by atoms with Gasteiger partial charge in [-0.1, -0.05) is 36.4 Å². The van der Waals surface area contributed by atoms with E-state index in [1.165, 1.54) is 0 Å². The highest BCUT2D eigenvalue weighted by Gasteiger charge is 2.15. The molecule has 4 aromatic rings. The van der Waals surface area contributed by atoms with Gasteiger partial charge in [-0.2, -0.15) is 0 Å². The minimum Gasteiger partial charge on any atom is -0.493 e. The largest absolute Gasteiger partial charge is 0.493 e. The molecule has 5 rings (SSSR count). The number of carbonyl (C=O) groups is 1. The maximum absolute atomic E-state index is 13.4. The third kappa shape index (κ3) is 6.00. The number of aryl methyl sites for hydroxylation is 1. The molecule has 39 heavy (non-hydrogen) atoms. The zero-order valence-electron chi connectivity index (χ0n) is 22.7. The Morgan fingerprint density at radius 2 is 1.67 bits per heavy atom. The van der Waals surface area contributed by atoms with E-state index in [-0.39, 0.29) is 5.91 Å². The van der Waals surface area contributed by atoms with Gasteiger partial charge in [0.25, 0.3) is 5.91 Å². The zero-order chi connectivity index (χ0) is 27.2. The van der Waals surface area contributed by atoms with Gasteiger partial charge in [-0.15, -0.1) is 0 Å². The molecule has 7 nitrogen and oxygen atoms in total. The van der Waals surface area contributed by atoms with E-state index in [2.05, 4.69) is 10.2 Å². The van der Waals surface area contributed by atoms with Gasteiger partial charge in [0.1, 0.15) is 12.4 Å². The second kappa shape index (κ2) is 12.2. The van der Waals surface area contributed by atoms with Gasteiger partial charge in [0, 0.05) is 41.7 Å². The predicted molar refractivity (Wildman–Crippen MR) is 154 cm³/mol. The normalized spacial score (nSPS) is 13.7. The Balaban J connectivity index is 1.34. The Morgan fingerprint density at radius 1 is 0.872 bits per heavy atom. The predicted octanol–water partition coefficient (Wildman–Crippen LogP) is 5.80. The van der Waals surface area contributed by atoms with Gasteiger partial charge in [0.15, 0.2) is 11.5 Å². The minimum atomic E-state index is -0.180. The van der Waals surface area contributed by atoms with Crippen LogP contribution in [0.25, 0.3) is 21.9 Å². The highest BCUT2D eigenvalue weighted by Crippen LogP contribution is 2.36. The molecule has 0 aromatic heterocycles. The van der Waals surface area contributed by atoms with Crippen LogP contribution in [-0.4, -0.2) is 64.5 Å². The topological polar surface area (TPSA) is 69.3 Å². The molecule has 0 spiro atoms. The monoisotopic (exact) mass is 526 g/mol. The van der Waals surface area contributed by atoms with Gasteiger partial charge < -0.3 is 24.3 Å². The molecule has 0 saturated carbocycles. The molecule has 1 amide bonds. The first-order valence-corrected chi connectivity index (χ1v) is 13.2. The molecule has 202 valence electrons. The van der Waals surface area contributed by atoms with Gasteiger partial charge in [0.2, 0.25) is 0 Å². The van der Waals surface area contributed by atoms with Crippen LogP contribution < -0.4 is 19.5 Å². The molecule has 1 saturated heterocycles. The van der Waals surface area contributed by atoms with E-state index in [9.17, 15) is 4.79 Å². The lowest BCUT2D eigenvalue weighted by Gasteiger charge is -2.26. The molecule has 0 aliphatic carbocycles. The van der Waals surface area contributed by atoms with Crippen molar-refractivity contribution < 1.29 is 23.7 Å². The van der Waals surface area contributed by atoms with E-state index < -0.39 is 0 Å². The summed E-state index contributed by atoms with van der Waals surface area (Å²) in [6, 6.07) is 23.4. The number of benzene rings is 4. The van der Waals surface area contributed by atoms with Crippen LogP contribution in [0.4, 0.5) is 5.69 Å². The molecule has 1 heterocycles. The molecule has 0 atom stereocenters. The summed E-state index contributed by atoms with van der Waals surface area (Å²) in [4.78, 5) is 15.7. The van der Waals surface area contributed by atoms with Crippen LogP contribution in [0.1, 0.15) is 15.9 Å². The van der Waals surface area contributed by atoms with Crippen molar-refractivity contribution in [3.05, 3.63) is 83.9 Å². The summed E-state index contributed by atoms with van der Waals surface area (Å²) in [6.07, 6.45) is 0. The number of hydrogen-bond donors (Lipinski definition) is 1. The summed E-state index contributed by atoms with van der Waals surface area (Å²) >= 11 is 0. The Morgan fingerprint density at radius 3 is 2.44 bits per heavy atom. The molecule has 4 aromatic carbocycles. The first-order valence-electron chi connectivity index (χ1n) is 13.2. The lowest BCUT2D eigenvalue weighted by Crippen LogP contribution is -2.38. The van der Waals surface area contributed by atoms with Gasteiger partial charge >= 0.3 is 0 Å². The van der Waals surface area contributed by atoms with Crippen LogP contribution in [0, 0.1) is 6.92 Å². The van der Waals surface area contributed by atoms with E-state index in [0.717, 1.165) is 71.7 Å². The number of rotatable bonds is 9. The Labute approximate surface area is 229 Å². The average molecular weight is 527 g/mol. The summed E-state index contributed by atoms with van der Waals surface area (Å²) in [5.74, 6) is 1.99. The van der Waals surface area contributed by atoms with Crippen molar-refractivity contribution in [3.8, 4) is 28.4 Å². The smallest absolute Gasteiger partial charge is 0.255 e. The van der Waals surface area contributed by atoms with Crippen LogP contribution in [0.2, 0.25) is 0 Å². The van der Waals surface area contributed by atoms with E-state index in [4.69, 9.17) is 18.9 Å². The molecule has 1 aliphatic heterocycles. The van der Waals surface area contributed by atoms with Crippen LogP contribution >= 0.6 is 0 Å². The fraction of sp³-hybridized carbons (Fsp3) is 0.281. The van der Waals surface area contributed by atoms with Crippen molar-refractivity contribution in [1.29, 1.82) is 0 Å². The number of hydrogen-bond acceptors (Lipinski definition) is 6. The lowest BCUT2D eigenvalue weighted by molar-refractivity contribution is 0.0323. The maximum Gasteiger partial charge on any atom is 0.255 e. The second-order valence-electron chi connectivity index (χ2n) is 9.52. The van der Waals surface area contributed by atoms with Crippen LogP contribution in [0.5, 0.6) is 17.2 Å². The number of methoxy groups -OCH3 is 2. The summed E-state index contributed by atoms with van der Waals surface area (Å²) in [5, 5.41) is 5.00. The van der Waals surface area contributed by atoms with Crippen LogP contribution in [-0.2, 0) is 4.74 Å². The fourth-order valence-electron chi connectivity index (χ4n) is 4.97. The quantitative estimate of drug-likeness (QED) is 0.298. The third-order valence-electron chi connectivity index (χ3n) is 7.02. The van der Waals surface area contributed by atoms with Crippen molar-refractivity contribution in [2.75, 3.05) is 59.0 Å². The number of anilines is 1. The number of nitrogens with zero attached hydrogens (tertiary/aromatic N) is 1. The third-order valence-corrected chi connectivity index (χ3v) is 7.02. The Hall–Kier alpha value is -4.07. The van der Waals surface area contributed by atoms with Gasteiger partial charge in [-0.05, 0) is 60.0 Å². The number of carbonyl (C=O) groups excluding carboxylic acids is 1. The highest BCUT2D eigenvalue weighted by atomic mass is 16.5. The number of nitrogens with one attached hydrogen (secondary N) is 1. The SMILES string of the molecule is COc1cc(-c2cccc(C(=O)Nc3ccc(OCCN4CCOCC4)c4ccccc34)c2)cc(C)c1OC. The Bertz CT molecular complexity index is 1460.